The zero-order valence-corrected chi connectivity index (χ0v) is 9.27. The molecule has 2 nitrogen and oxygen atoms in total. The monoisotopic (exact) mass is 213 g/mol. The fourth-order valence-electron chi connectivity index (χ4n) is 1.56. The largest absolute Gasteiger partial charge is 0.506 e. The first-order valence-electron chi connectivity index (χ1n) is 5.43. The van der Waals surface area contributed by atoms with Crippen LogP contribution in [0.3, 0.4) is 0 Å². The lowest BCUT2D eigenvalue weighted by molar-refractivity contribution is 0.478. The Kier molecular flexibility index (Phi) is 3.10. The lowest BCUT2D eigenvalue weighted by Crippen LogP contribution is -1.90. The van der Waals surface area contributed by atoms with Crippen molar-refractivity contribution < 1.29 is 5.11 Å². The van der Waals surface area contributed by atoms with Crippen LogP contribution in [0.25, 0.3) is 0 Å². The Hall–Kier alpha value is -1.96. The SMILES string of the molecule is CCc1ccc(Nc2ccccc2O)cc1. The van der Waals surface area contributed by atoms with Crippen LogP contribution in [0, 0.1) is 0 Å². The molecule has 2 heteroatoms. The molecule has 2 aromatic rings. The molecule has 0 radical (unpaired) electrons. The predicted molar refractivity (Wildman–Crippen MR) is 67.2 cm³/mol. The van der Waals surface area contributed by atoms with Crippen LogP contribution in [0.1, 0.15) is 12.5 Å². The molecule has 0 aliphatic heterocycles. The van der Waals surface area contributed by atoms with E-state index in [1.54, 1.807) is 12.1 Å². The van der Waals surface area contributed by atoms with E-state index in [9.17, 15) is 5.11 Å². The number of hydrogen-bond acceptors (Lipinski definition) is 2. The summed E-state index contributed by atoms with van der Waals surface area (Å²) in [7, 11) is 0. The van der Waals surface area contributed by atoms with Crippen LogP contribution < -0.4 is 5.32 Å². The number of nitrogens with one attached hydrogen (secondary N) is 1. The van der Waals surface area contributed by atoms with Gasteiger partial charge in [0.25, 0.3) is 0 Å². The van der Waals surface area contributed by atoms with Gasteiger partial charge in [-0.05, 0) is 36.2 Å². The molecule has 0 aliphatic rings. The van der Waals surface area contributed by atoms with Gasteiger partial charge >= 0.3 is 0 Å². The molecule has 0 fully saturated rings. The minimum Gasteiger partial charge on any atom is -0.506 e. The van der Waals surface area contributed by atoms with E-state index in [1.807, 2.05) is 24.3 Å². The Morgan fingerprint density at radius 1 is 1.00 bits per heavy atom. The summed E-state index contributed by atoms with van der Waals surface area (Å²) in [6.07, 6.45) is 1.04. The summed E-state index contributed by atoms with van der Waals surface area (Å²) in [5.41, 5.74) is 3.02. The Morgan fingerprint density at radius 2 is 1.69 bits per heavy atom. The molecule has 0 bridgehead atoms. The number of anilines is 2. The van der Waals surface area contributed by atoms with E-state index in [4.69, 9.17) is 0 Å². The second-order valence-electron chi connectivity index (χ2n) is 3.69. The van der Waals surface area contributed by atoms with Gasteiger partial charge in [-0.2, -0.15) is 0 Å². The molecule has 16 heavy (non-hydrogen) atoms. The lowest BCUT2D eigenvalue weighted by atomic mass is 10.1. The zero-order valence-electron chi connectivity index (χ0n) is 9.27. The molecule has 2 aromatic carbocycles. The smallest absolute Gasteiger partial charge is 0.139 e. The summed E-state index contributed by atoms with van der Waals surface area (Å²) in [5.74, 6) is 0.266. The minimum atomic E-state index is 0.266. The van der Waals surface area contributed by atoms with E-state index in [1.165, 1.54) is 5.56 Å². The first-order valence-corrected chi connectivity index (χ1v) is 5.43. The van der Waals surface area contributed by atoms with Crippen LogP contribution in [0.2, 0.25) is 0 Å². The number of aryl methyl sites for hydroxylation is 1. The van der Waals surface area contributed by atoms with Gasteiger partial charge in [-0.25, -0.2) is 0 Å². The number of para-hydroxylation sites is 2. The normalized spacial score (nSPS) is 10.1. The summed E-state index contributed by atoms with van der Waals surface area (Å²) >= 11 is 0. The highest BCUT2D eigenvalue weighted by Gasteiger charge is 1.99. The second kappa shape index (κ2) is 4.71. The van der Waals surface area contributed by atoms with Crippen LogP contribution in [0.15, 0.2) is 48.5 Å². The van der Waals surface area contributed by atoms with Crippen LogP contribution in [0.4, 0.5) is 11.4 Å². The van der Waals surface area contributed by atoms with E-state index >= 15 is 0 Å². The van der Waals surface area contributed by atoms with Gasteiger partial charge in [0.1, 0.15) is 5.75 Å². The molecule has 2 N–H and O–H groups in total. The number of phenolic OH excluding ortho intramolecular Hbond substituents is 1. The third kappa shape index (κ3) is 2.34. The topological polar surface area (TPSA) is 32.3 Å². The van der Waals surface area contributed by atoms with E-state index in [2.05, 4.69) is 24.4 Å². The van der Waals surface area contributed by atoms with Gasteiger partial charge in [0.2, 0.25) is 0 Å². The zero-order chi connectivity index (χ0) is 11.4. The summed E-state index contributed by atoms with van der Waals surface area (Å²) in [5, 5.41) is 12.8. The maximum Gasteiger partial charge on any atom is 0.139 e. The first-order chi connectivity index (χ1) is 7.79. The second-order valence-corrected chi connectivity index (χ2v) is 3.69. The fourth-order valence-corrected chi connectivity index (χ4v) is 1.56. The van der Waals surface area contributed by atoms with Gasteiger partial charge in [-0.3, -0.25) is 0 Å². The summed E-state index contributed by atoms with van der Waals surface area (Å²) < 4.78 is 0. The van der Waals surface area contributed by atoms with E-state index in [0.717, 1.165) is 17.8 Å². The molecule has 0 atom stereocenters. The van der Waals surface area contributed by atoms with Crippen molar-refractivity contribution in [2.24, 2.45) is 0 Å². The molecule has 0 unspecified atom stereocenters. The standard InChI is InChI=1S/C14H15NO/c1-2-11-7-9-12(10-8-11)15-13-5-3-4-6-14(13)16/h3-10,15-16H,2H2,1H3. The maximum atomic E-state index is 9.61. The Morgan fingerprint density at radius 3 is 2.31 bits per heavy atom. The molecule has 0 saturated carbocycles. The number of rotatable bonds is 3. The van der Waals surface area contributed by atoms with E-state index < -0.39 is 0 Å². The highest BCUT2D eigenvalue weighted by Crippen LogP contribution is 2.25. The number of aromatic hydroxyl groups is 1. The quantitative estimate of drug-likeness (QED) is 0.762. The predicted octanol–water partition coefficient (Wildman–Crippen LogP) is 3.70. The van der Waals surface area contributed by atoms with Crippen molar-refractivity contribution in [1.82, 2.24) is 0 Å². The van der Waals surface area contributed by atoms with Crippen LogP contribution in [0.5, 0.6) is 5.75 Å². The van der Waals surface area contributed by atoms with Gasteiger partial charge in [0.05, 0.1) is 5.69 Å². The van der Waals surface area contributed by atoms with Crippen LogP contribution >= 0.6 is 0 Å². The third-order valence-corrected chi connectivity index (χ3v) is 2.55. The summed E-state index contributed by atoms with van der Waals surface area (Å²) in [4.78, 5) is 0. The van der Waals surface area contributed by atoms with Gasteiger partial charge in [0.15, 0.2) is 0 Å². The molecule has 2 rings (SSSR count). The summed E-state index contributed by atoms with van der Waals surface area (Å²) in [6.45, 7) is 2.13. The molecule has 0 spiro atoms. The van der Waals surface area contributed by atoms with Crippen molar-refractivity contribution >= 4 is 11.4 Å². The Labute approximate surface area is 95.6 Å². The van der Waals surface area contributed by atoms with Crippen molar-refractivity contribution in [2.45, 2.75) is 13.3 Å². The van der Waals surface area contributed by atoms with Crippen molar-refractivity contribution in [3.8, 4) is 5.75 Å². The van der Waals surface area contributed by atoms with E-state index in [-0.39, 0.29) is 5.75 Å². The molecular formula is C14H15NO. The van der Waals surface area contributed by atoms with Gasteiger partial charge in [-0.1, -0.05) is 31.2 Å². The number of phenols is 1. The first kappa shape index (κ1) is 10.6. The average Bonchev–Trinajstić information content (AvgIpc) is 2.33. The molecule has 0 aliphatic carbocycles. The van der Waals surface area contributed by atoms with Crippen molar-refractivity contribution in [1.29, 1.82) is 0 Å². The molecule has 0 amide bonds. The van der Waals surface area contributed by atoms with Crippen molar-refractivity contribution in [2.75, 3.05) is 5.32 Å². The maximum absolute atomic E-state index is 9.61. The van der Waals surface area contributed by atoms with E-state index in [0.29, 0.717) is 0 Å². The van der Waals surface area contributed by atoms with Crippen LogP contribution in [-0.2, 0) is 6.42 Å². The average molecular weight is 213 g/mol. The highest BCUT2D eigenvalue weighted by molar-refractivity contribution is 5.65. The number of benzene rings is 2. The van der Waals surface area contributed by atoms with Crippen LogP contribution in [-0.4, -0.2) is 5.11 Å². The Balaban J connectivity index is 2.18. The Bertz CT molecular complexity index is 462. The van der Waals surface area contributed by atoms with Gasteiger partial charge in [0, 0.05) is 5.69 Å². The molecule has 0 aromatic heterocycles. The molecule has 82 valence electrons. The lowest BCUT2D eigenvalue weighted by Gasteiger charge is -2.08. The molecular weight excluding hydrogens is 198 g/mol. The highest BCUT2D eigenvalue weighted by atomic mass is 16.3. The molecule has 0 saturated heterocycles. The minimum absolute atomic E-state index is 0.266. The third-order valence-electron chi connectivity index (χ3n) is 2.55. The summed E-state index contributed by atoms with van der Waals surface area (Å²) in [6, 6.07) is 15.4. The van der Waals surface area contributed by atoms with Gasteiger partial charge in [-0.15, -0.1) is 0 Å². The number of hydrogen-bond donors (Lipinski definition) is 2. The molecule has 0 heterocycles. The van der Waals surface area contributed by atoms with Gasteiger partial charge < -0.3 is 10.4 Å². The van der Waals surface area contributed by atoms with Crippen molar-refractivity contribution in [3.63, 3.8) is 0 Å². The van der Waals surface area contributed by atoms with Crippen molar-refractivity contribution in [3.05, 3.63) is 54.1 Å². The fraction of sp³-hybridized carbons (Fsp3) is 0.143.